The molecule has 0 heterocycles. The normalized spacial score (nSPS) is 14.8. The van der Waals surface area contributed by atoms with Crippen LogP contribution >= 0.6 is 0 Å². The van der Waals surface area contributed by atoms with Crippen LogP contribution in [0.25, 0.3) is 5.57 Å². The summed E-state index contributed by atoms with van der Waals surface area (Å²) in [5.41, 5.74) is 3.36. The number of rotatable bonds is 3. The molecular formula is C17H23NO2. The molecule has 1 aromatic carbocycles. The van der Waals surface area contributed by atoms with Crippen molar-refractivity contribution < 1.29 is 9.53 Å². The van der Waals surface area contributed by atoms with Crippen molar-refractivity contribution in [3.8, 4) is 0 Å². The summed E-state index contributed by atoms with van der Waals surface area (Å²) in [5.74, 6) is 0. The monoisotopic (exact) mass is 273 g/mol. The van der Waals surface area contributed by atoms with E-state index < -0.39 is 5.60 Å². The molecule has 1 aromatic rings. The van der Waals surface area contributed by atoms with Gasteiger partial charge in [0.2, 0.25) is 0 Å². The smallest absolute Gasteiger partial charge is 0.407 e. The molecule has 0 spiro atoms. The lowest BCUT2D eigenvalue weighted by atomic mass is 10.0. The van der Waals surface area contributed by atoms with Gasteiger partial charge in [-0.3, -0.25) is 0 Å². The summed E-state index contributed by atoms with van der Waals surface area (Å²) in [7, 11) is 0. The predicted octanol–water partition coefficient (Wildman–Crippen LogP) is 4.28. The van der Waals surface area contributed by atoms with Crippen LogP contribution in [0.15, 0.2) is 30.3 Å². The van der Waals surface area contributed by atoms with Crippen molar-refractivity contribution in [2.24, 2.45) is 0 Å². The quantitative estimate of drug-likeness (QED) is 0.892. The number of hydrogen-bond acceptors (Lipinski definition) is 2. The number of ether oxygens (including phenoxy) is 1. The van der Waals surface area contributed by atoms with Gasteiger partial charge in [0, 0.05) is 6.54 Å². The summed E-state index contributed by atoms with van der Waals surface area (Å²) in [6, 6.07) is 8.38. The van der Waals surface area contributed by atoms with Crippen LogP contribution in [0, 0.1) is 0 Å². The lowest BCUT2D eigenvalue weighted by Crippen LogP contribution is -2.32. The SMILES string of the molecule is CC(C)(C)OC(=O)NCc1ccc(C2=CCCC2)cc1. The third kappa shape index (κ3) is 4.41. The van der Waals surface area contributed by atoms with Crippen LogP contribution in [-0.4, -0.2) is 11.7 Å². The first-order valence-corrected chi connectivity index (χ1v) is 7.19. The first kappa shape index (κ1) is 14.6. The molecule has 0 aliphatic heterocycles. The average molecular weight is 273 g/mol. The number of carbonyl (C=O) groups is 1. The maximum Gasteiger partial charge on any atom is 0.407 e. The van der Waals surface area contributed by atoms with Crippen LogP contribution in [0.5, 0.6) is 0 Å². The second-order valence-electron chi connectivity index (χ2n) is 6.17. The molecule has 0 unspecified atom stereocenters. The number of amides is 1. The Hall–Kier alpha value is -1.77. The molecule has 3 heteroatoms. The molecule has 0 saturated carbocycles. The van der Waals surface area contributed by atoms with Gasteiger partial charge in [-0.15, -0.1) is 0 Å². The number of carbonyl (C=O) groups excluding carboxylic acids is 1. The van der Waals surface area contributed by atoms with E-state index in [2.05, 4.69) is 35.7 Å². The van der Waals surface area contributed by atoms with E-state index in [9.17, 15) is 4.79 Å². The van der Waals surface area contributed by atoms with Gasteiger partial charge in [0.25, 0.3) is 0 Å². The molecule has 0 bridgehead atoms. The van der Waals surface area contributed by atoms with E-state index in [0.29, 0.717) is 6.54 Å². The Bertz CT molecular complexity index is 495. The van der Waals surface area contributed by atoms with Gasteiger partial charge in [-0.05, 0) is 56.7 Å². The van der Waals surface area contributed by atoms with Crippen molar-refractivity contribution in [1.82, 2.24) is 5.32 Å². The largest absolute Gasteiger partial charge is 0.444 e. The summed E-state index contributed by atoms with van der Waals surface area (Å²) in [4.78, 5) is 11.6. The predicted molar refractivity (Wildman–Crippen MR) is 81.3 cm³/mol. The fourth-order valence-corrected chi connectivity index (χ4v) is 2.26. The number of hydrogen-bond donors (Lipinski definition) is 1. The summed E-state index contributed by atoms with van der Waals surface area (Å²) in [6.45, 7) is 6.07. The van der Waals surface area contributed by atoms with Gasteiger partial charge in [0.05, 0.1) is 0 Å². The van der Waals surface area contributed by atoms with Crippen LogP contribution in [0.1, 0.15) is 51.2 Å². The van der Waals surface area contributed by atoms with Gasteiger partial charge in [-0.1, -0.05) is 30.3 Å². The fraction of sp³-hybridized carbons (Fsp3) is 0.471. The number of benzene rings is 1. The van der Waals surface area contributed by atoms with Crippen LogP contribution in [0.2, 0.25) is 0 Å². The molecule has 0 radical (unpaired) electrons. The molecule has 0 atom stereocenters. The summed E-state index contributed by atoms with van der Waals surface area (Å²) >= 11 is 0. The maximum absolute atomic E-state index is 11.6. The highest BCUT2D eigenvalue weighted by atomic mass is 16.6. The zero-order chi connectivity index (χ0) is 14.6. The number of nitrogens with one attached hydrogen (secondary N) is 1. The van der Waals surface area contributed by atoms with Crippen molar-refractivity contribution in [3.63, 3.8) is 0 Å². The third-order valence-corrected chi connectivity index (χ3v) is 3.20. The molecule has 1 aliphatic carbocycles. The van der Waals surface area contributed by atoms with Crippen LogP contribution in [0.3, 0.4) is 0 Å². The van der Waals surface area contributed by atoms with E-state index in [1.807, 2.05) is 20.8 Å². The second kappa shape index (κ2) is 6.12. The van der Waals surface area contributed by atoms with E-state index in [0.717, 1.165) is 5.56 Å². The van der Waals surface area contributed by atoms with Crippen molar-refractivity contribution in [3.05, 3.63) is 41.5 Å². The molecule has 1 aliphatic rings. The lowest BCUT2D eigenvalue weighted by Gasteiger charge is -2.19. The van der Waals surface area contributed by atoms with Crippen LogP contribution in [0.4, 0.5) is 4.79 Å². The van der Waals surface area contributed by atoms with Gasteiger partial charge in [-0.2, -0.15) is 0 Å². The van der Waals surface area contributed by atoms with Crippen molar-refractivity contribution in [2.75, 3.05) is 0 Å². The Morgan fingerprint density at radius 2 is 1.95 bits per heavy atom. The standard InChI is InChI=1S/C17H23NO2/c1-17(2,3)20-16(19)18-12-13-8-10-15(11-9-13)14-6-4-5-7-14/h6,8-11H,4-5,7,12H2,1-3H3,(H,18,19). The van der Waals surface area contributed by atoms with E-state index in [1.54, 1.807) is 0 Å². The summed E-state index contributed by atoms with van der Waals surface area (Å²) in [5, 5.41) is 2.77. The molecule has 20 heavy (non-hydrogen) atoms. The molecule has 0 aromatic heterocycles. The maximum atomic E-state index is 11.6. The van der Waals surface area contributed by atoms with Gasteiger partial charge in [-0.25, -0.2) is 4.79 Å². The molecule has 1 amide bonds. The molecule has 0 saturated heterocycles. The number of allylic oxidation sites excluding steroid dienone is 2. The highest BCUT2D eigenvalue weighted by Crippen LogP contribution is 2.27. The van der Waals surface area contributed by atoms with Gasteiger partial charge in [0.1, 0.15) is 5.60 Å². The van der Waals surface area contributed by atoms with Crippen LogP contribution in [-0.2, 0) is 11.3 Å². The Kier molecular flexibility index (Phi) is 4.48. The highest BCUT2D eigenvalue weighted by Gasteiger charge is 2.15. The Labute approximate surface area is 121 Å². The van der Waals surface area contributed by atoms with E-state index in [1.165, 1.54) is 30.4 Å². The summed E-state index contributed by atoms with van der Waals surface area (Å²) < 4.78 is 5.21. The first-order valence-electron chi connectivity index (χ1n) is 7.19. The molecule has 3 nitrogen and oxygen atoms in total. The zero-order valence-corrected chi connectivity index (χ0v) is 12.5. The molecule has 0 fully saturated rings. The topological polar surface area (TPSA) is 38.3 Å². The number of alkyl carbamates (subject to hydrolysis) is 1. The first-order chi connectivity index (χ1) is 9.44. The van der Waals surface area contributed by atoms with Crippen molar-refractivity contribution >= 4 is 11.7 Å². The second-order valence-corrected chi connectivity index (χ2v) is 6.17. The zero-order valence-electron chi connectivity index (χ0n) is 12.5. The van der Waals surface area contributed by atoms with E-state index >= 15 is 0 Å². The van der Waals surface area contributed by atoms with E-state index in [-0.39, 0.29) is 6.09 Å². The van der Waals surface area contributed by atoms with Gasteiger partial charge >= 0.3 is 6.09 Å². The molecule has 1 N–H and O–H groups in total. The van der Waals surface area contributed by atoms with Crippen molar-refractivity contribution in [2.45, 2.75) is 52.2 Å². The minimum absolute atomic E-state index is 0.375. The minimum Gasteiger partial charge on any atom is -0.444 e. The molecular weight excluding hydrogens is 250 g/mol. The summed E-state index contributed by atoms with van der Waals surface area (Å²) in [6.07, 6.45) is 5.57. The van der Waals surface area contributed by atoms with Crippen molar-refractivity contribution in [1.29, 1.82) is 0 Å². The third-order valence-electron chi connectivity index (χ3n) is 3.20. The molecule has 108 valence electrons. The Balaban J connectivity index is 1.86. The van der Waals surface area contributed by atoms with Gasteiger partial charge in [0.15, 0.2) is 0 Å². The van der Waals surface area contributed by atoms with E-state index in [4.69, 9.17) is 4.74 Å². The van der Waals surface area contributed by atoms with Gasteiger partial charge < -0.3 is 10.1 Å². The minimum atomic E-state index is -0.455. The molecule has 2 rings (SSSR count). The Morgan fingerprint density at radius 3 is 2.50 bits per heavy atom. The fourth-order valence-electron chi connectivity index (χ4n) is 2.26. The average Bonchev–Trinajstić information content (AvgIpc) is 2.89. The van der Waals surface area contributed by atoms with Crippen LogP contribution < -0.4 is 5.32 Å². The highest BCUT2D eigenvalue weighted by molar-refractivity contribution is 5.68. The lowest BCUT2D eigenvalue weighted by molar-refractivity contribution is 0.0523. The Morgan fingerprint density at radius 1 is 1.25 bits per heavy atom.